The topological polar surface area (TPSA) is 133 Å². The monoisotopic (exact) mass is 1010 g/mol. The Bertz CT molecular complexity index is 2960. The highest BCUT2D eigenvalue weighted by molar-refractivity contribution is 7.99. The van der Waals surface area contributed by atoms with Crippen molar-refractivity contribution >= 4 is 35.2 Å². The second-order valence-corrected chi connectivity index (χ2v) is 20.7. The van der Waals surface area contributed by atoms with E-state index in [0.717, 1.165) is 56.6 Å². The number of aliphatic hydroxyl groups excluding tert-OH is 1. The van der Waals surface area contributed by atoms with Crippen molar-refractivity contribution < 1.29 is 31.4 Å². The normalized spacial score (nSPS) is 16.5. The first-order valence-corrected chi connectivity index (χ1v) is 25.2. The lowest BCUT2D eigenvalue weighted by Gasteiger charge is -2.36. The third-order valence-corrected chi connectivity index (χ3v) is 15.4. The number of hydrogen-bond acceptors (Lipinski definition) is 12. The maximum absolute atomic E-state index is 15.0. The highest BCUT2D eigenvalue weighted by Gasteiger charge is 2.37. The predicted molar refractivity (Wildman–Crippen MR) is 263 cm³/mol. The molecule has 0 spiro atoms. The van der Waals surface area contributed by atoms with Gasteiger partial charge >= 0.3 is 12.4 Å². The number of aliphatic hydroxyl groups is 1. The van der Waals surface area contributed by atoms with Gasteiger partial charge in [-0.25, -0.2) is 19.9 Å². The van der Waals surface area contributed by atoms with E-state index in [2.05, 4.69) is 30.6 Å². The average Bonchev–Trinajstić information content (AvgIpc) is 3.92. The van der Waals surface area contributed by atoms with Gasteiger partial charge in [0.25, 0.3) is 0 Å². The second-order valence-electron chi connectivity index (χ2n) is 18.6. The molecule has 3 aromatic heterocycles. The smallest absolute Gasteiger partial charge is 0.385 e. The van der Waals surface area contributed by atoms with Crippen molar-refractivity contribution in [3.05, 3.63) is 137 Å². The Morgan fingerprint density at radius 3 is 1.77 bits per heavy atom. The van der Waals surface area contributed by atoms with Gasteiger partial charge in [-0.05, 0) is 85.0 Å². The first-order chi connectivity index (χ1) is 34.0. The van der Waals surface area contributed by atoms with E-state index in [-0.39, 0.29) is 56.7 Å². The number of piperidine rings is 2. The molecule has 5 heterocycles. The molecule has 2 aliphatic rings. The van der Waals surface area contributed by atoms with Crippen LogP contribution in [0.2, 0.25) is 0 Å². The molecular formula is C52H52F6N10OS2. The maximum atomic E-state index is 15.0. The Hall–Kier alpha value is -6.05. The van der Waals surface area contributed by atoms with Gasteiger partial charge in [0.15, 0.2) is 11.6 Å². The molecule has 2 saturated heterocycles. The number of aromatic nitrogens is 8. The number of aromatic amines is 1. The molecule has 19 heteroatoms. The summed E-state index contributed by atoms with van der Waals surface area (Å²) in [5, 5.41) is 26.8. The van der Waals surface area contributed by atoms with Crippen LogP contribution in [0.4, 0.5) is 38.0 Å². The Morgan fingerprint density at radius 2 is 1.21 bits per heavy atom. The minimum Gasteiger partial charge on any atom is -0.385 e. The molecule has 2 aliphatic heterocycles. The first kappa shape index (κ1) is 49.9. The summed E-state index contributed by atoms with van der Waals surface area (Å²) in [5.74, 6) is 1.45. The summed E-state index contributed by atoms with van der Waals surface area (Å²) >= 11 is 2.16. The number of tetrazole rings is 1. The number of halogens is 6. The summed E-state index contributed by atoms with van der Waals surface area (Å²) in [6, 6.07) is 26.7. The van der Waals surface area contributed by atoms with Gasteiger partial charge in [0.05, 0.1) is 22.5 Å². The fourth-order valence-electron chi connectivity index (χ4n) is 9.31. The minimum atomic E-state index is -4.68. The van der Waals surface area contributed by atoms with Crippen LogP contribution in [-0.4, -0.2) is 71.8 Å². The first-order valence-electron chi connectivity index (χ1n) is 23.6. The summed E-state index contributed by atoms with van der Waals surface area (Å²) < 4.78 is 89.1. The highest BCUT2D eigenvalue weighted by Crippen LogP contribution is 2.46. The summed E-state index contributed by atoms with van der Waals surface area (Å²) in [6.45, 7) is 9.93. The summed E-state index contributed by atoms with van der Waals surface area (Å²) in [5.41, 5.74) is 1.36. The van der Waals surface area contributed by atoms with Gasteiger partial charge in [0, 0.05) is 80.9 Å². The summed E-state index contributed by atoms with van der Waals surface area (Å²) in [6.07, 6.45) is -6.68. The van der Waals surface area contributed by atoms with Crippen LogP contribution in [0.15, 0.2) is 123 Å². The van der Waals surface area contributed by atoms with Gasteiger partial charge in [0.2, 0.25) is 0 Å². The number of hydrogen-bond donors (Lipinski definition) is 2. The van der Waals surface area contributed by atoms with Gasteiger partial charge in [-0.3, -0.25) is 0 Å². The van der Waals surface area contributed by atoms with Gasteiger partial charge in [0.1, 0.15) is 24.1 Å². The van der Waals surface area contributed by atoms with Crippen molar-refractivity contribution in [1.29, 1.82) is 0 Å². The van der Waals surface area contributed by atoms with Gasteiger partial charge in [-0.1, -0.05) is 105 Å². The molecular weight excluding hydrogens is 959 g/mol. The average molecular weight is 1010 g/mol. The number of nitrogens with one attached hydrogen (secondary N) is 1. The molecule has 0 aliphatic carbocycles. The molecule has 4 aromatic carbocycles. The molecule has 370 valence electrons. The molecule has 11 nitrogen and oxygen atoms in total. The zero-order chi connectivity index (χ0) is 50.0. The molecule has 71 heavy (non-hydrogen) atoms. The van der Waals surface area contributed by atoms with Crippen LogP contribution in [-0.2, 0) is 12.4 Å². The van der Waals surface area contributed by atoms with Crippen molar-refractivity contribution in [2.75, 3.05) is 36.0 Å². The van der Waals surface area contributed by atoms with Crippen LogP contribution in [0.3, 0.4) is 0 Å². The van der Waals surface area contributed by atoms with E-state index in [4.69, 9.17) is 9.97 Å². The van der Waals surface area contributed by atoms with E-state index < -0.39 is 35.5 Å². The molecule has 2 atom stereocenters. The van der Waals surface area contributed by atoms with Gasteiger partial charge in [-0.15, -0.1) is 10.2 Å². The van der Waals surface area contributed by atoms with Crippen molar-refractivity contribution in [3.63, 3.8) is 0 Å². The Morgan fingerprint density at radius 1 is 0.634 bits per heavy atom. The van der Waals surface area contributed by atoms with Crippen LogP contribution in [0, 0.1) is 5.92 Å². The summed E-state index contributed by atoms with van der Waals surface area (Å²) in [4.78, 5) is 24.2. The quantitative estimate of drug-likeness (QED) is 0.107. The molecule has 7 aromatic rings. The largest absolute Gasteiger partial charge is 0.417 e. The van der Waals surface area contributed by atoms with E-state index in [1.165, 1.54) is 18.5 Å². The van der Waals surface area contributed by atoms with Crippen LogP contribution in [0.5, 0.6) is 0 Å². The Kier molecular flexibility index (Phi) is 14.7. The molecule has 2 N–H and O–H groups in total. The standard InChI is InChI=1S/C52H52F6N10OS2/c1-30(2)36-11-5-7-13-42(36)70-44-17-15-33(24-38(44)51(53,54)55)40-26-46(60-29-59-40)68-21-9-10-35(28-68)48(69)50-61-41(27-47(62-50)67-22-19-32(20-23-67)49-63-65-66-64-49)34-16-18-45(39(25-34)52(56,57)58)71-43-14-8-6-12-37(43)31(3)4/h5-8,11-18,24-27,29-32,35,48,69H,9-10,19-23,28H2,1-4H3,(H,63,64,65,66). The fourth-order valence-corrected chi connectivity index (χ4v) is 11.8. The SMILES string of the molecule is CC(C)c1ccccc1Sc1ccc(-c2cc(N3CCCC(C(O)c4nc(-c5ccc(Sc6ccccc6C(C)C)c(C(F)(F)F)c5)cc(N5CCC(c6nn[nH]n6)CC5)n4)C3)ncn2)cc1C(F)(F)F. The molecule has 9 rings (SSSR count). The van der Waals surface area contributed by atoms with E-state index in [9.17, 15) is 31.4 Å². The molecule has 2 unspecified atom stereocenters. The number of H-pyrrole nitrogens is 1. The van der Waals surface area contributed by atoms with Crippen molar-refractivity contribution in [2.45, 2.75) is 109 Å². The Labute approximate surface area is 416 Å². The van der Waals surface area contributed by atoms with Crippen molar-refractivity contribution in [1.82, 2.24) is 40.6 Å². The lowest BCUT2D eigenvalue weighted by atomic mass is 9.91. The van der Waals surface area contributed by atoms with E-state index >= 15 is 0 Å². The number of nitrogens with zero attached hydrogens (tertiary/aromatic N) is 9. The van der Waals surface area contributed by atoms with E-state index in [1.807, 2.05) is 86.0 Å². The van der Waals surface area contributed by atoms with Crippen LogP contribution in [0.25, 0.3) is 22.5 Å². The number of rotatable bonds is 13. The Balaban J connectivity index is 1.01. The lowest BCUT2D eigenvalue weighted by Crippen LogP contribution is -2.39. The molecule has 2 fully saturated rings. The molecule has 0 amide bonds. The number of benzene rings is 4. The maximum Gasteiger partial charge on any atom is 0.417 e. The predicted octanol–water partition coefficient (Wildman–Crippen LogP) is 13.0. The fraction of sp³-hybridized carbons (Fsp3) is 0.365. The second kappa shape index (κ2) is 21.0. The molecule has 0 saturated carbocycles. The van der Waals surface area contributed by atoms with E-state index in [0.29, 0.717) is 68.5 Å². The zero-order valence-corrected chi connectivity index (χ0v) is 41.0. The van der Waals surface area contributed by atoms with Crippen LogP contribution >= 0.6 is 23.5 Å². The van der Waals surface area contributed by atoms with Crippen LogP contribution in [0.1, 0.15) is 111 Å². The van der Waals surface area contributed by atoms with Crippen molar-refractivity contribution in [3.8, 4) is 22.5 Å². The van der Waals surface area contributed by atoms with Crippen molar-refractivity contribution in [2.24, 2.45) is 5.92 Å². The molecule has 0 bridgehead atoms. The highest BCUT2D eigenvalue weighted by atomic mass is 32.2. The minimum absolute atomic E-state index is 0.0508. The van der Waals surface area contributed by atoms with Crippen LogP contribution < -0.4 is 9.80 Å². The number of alkyl halides is 6. The summed E-state index contributed by atoms with van der Waals surface area (Å²) in [7, 11) is 0. The molecule has 0 radical (unpaired) electrons. The van der Waals surface area contributed by atoms with Gasteiger partial charge < -0.3 is 14.9 Å². The third-order valence-electron chi connectivity index (χ3n) is 13.1. The number of anilines is 2. The van der Waals surface area contributed by atoms with E-state index in [1.54, 1.807) is 24.3 Å². The van der Waals surface area contributed by atoms with Gasteiger partial charge in [-0.2, -0.15) is 31.6 Å². The lowest BCUT2D eigenvalue weighted by molar-refractivity contribution is -0.140. The third kappa shape index (κ3) is 11.4. The zero-order valence-electron chi connectivity index (χ0n) is 39.4.